The van der Waals surface area contributed by atoms with Crippen molar-refractivity contribution in [2.75, 3.05) is 11.1 Å². The van der Waals surface area contributed by atoms with Crippen LogP contribution in [0.4, 0.5) is 5.69 Å². The van der Waals surface area contributed by atoms with Gasteiger partial charge in [-0.3, -0.25) is 4.79 Å². The van der Waals surface area contributed by atoms with E-state index in [1.165, 1.54) is 11.8 Å². The van der Waals surface area contributed by atoms with Crippen LogP contribution in [0.2, 0.25) is 5.02 Å². The summed E-state index contributed by atoms with van der Waals surface area (Å²) in [6.07, 6.45) is 0.872. The highest BCUT2D eigenvalue weighted by molar-refractivity contribution is 7.99. The van der Waals surface area contributed by atoms with Crippen LogP contribution in [0.15, 0.2) is 53.7 Å². The van der Waals surface area contributed by atoms with Gasteiger partial charge in [0.15, 0.2) is 11.0 Å². The van der Waals surface area contributed by atoms with Crippen molar-refractivity contribution < 1.29 is 4.79 Å². The standard InChI is InChI=1S/C19H19ClN4OS/c1-3-13-6-4-5-7-16(13)21-17(25)12-26-19-23-22-18(24(19)2)14-8-10-15(20)11-9-14/h4-11H,3,12H2,1-2H3,(H,21,25). The first-order valence-electron chi connectivity index (χ1n) is 8.24. The molecule has 0 saturated carbocycles. The lowest BCUT2D eigenvalue weighted by Gasteiger charge is -2.09. The number of para-hydroxylation sites is 1. The fraction of sp³-hybridized carbons (Fsp3) is 0.211. The Hall–Kier alpha value is -2.31. The molecule has 0 fully saturated rings. The molecule has 1 amide bonds. The largest absolute Gasteiger partial charge is 0.325 e. The summed E-state index contributed by atoms with van der Waals surface area (Å²) >= 11 is 7.28. The number of nitrogens with zero attached hydrogens (tertiary/aromatic N) is 3. The van der Waals surface area contributed by atoms with Gasteiger partial charge in [-0.25, -0.2) is 0 Å². The summed E-state index contributed by atoms with van der Waals surface area (Å²) in [6, 6.07) is 15.3. The smallest absolute Gasteiger partial charge is 0.234 e. The maximum absolute atomic E-state index is 12.3. The molecule has 0 aliphatic heterocycles. The molecule has 0 aliphatic rings. The topological polar surface area (TPSA) is 59.8 Å². The van der Waals surface area contributed by atoms with E-state index in [0.717, 1.165) is 29.1 Å². The fourth-order valence-electron chi connectivity index (χ4n) is 2.56. The Bertz CT molecular complexity index is 908. The van der Waals surface area contributed by atoms with E-state index in [-0.39, 0.29) is 11.7 Å². The Labute approximate surface area is 161 Å². The third-order valence-electron chi connectivity index (χ3n) is 3.94. The summed E-state index contributed by atoms with van der Waals surface area (Å²) in [6.45, 7) is 2.07. The normalized spacial score (nSPS) is 10.7. The molecule has 0 unspecified atom stereocenters. The van der Waals surface area contributed by atoms with Gasteiger partial charge in [-0.15, -0.1) is 10.2 Å². The number of thioether (sulfide) groups is 1. The Balaban J connectivity index is 1.65. The number of rotatable bonds is 6. The summed E-state index contributed by atoms with van der Waals surface area (Å²) < 4.78 is 1.88. The third kappa shape index (κ3) is 4.26. The highest BCUT2D eigenvalue weighted by Gasteiger charge is 2.13. The van der Waals surface area contributed by atoms with Crippen molar-refractivity contribution in [1.29, 1.82) is 0 Å². The number of benzene rings is 2. The lowest BCUT2D eigenvalue weighted by molar-refractivity contribution is -0.113. The van der Waals surface area contributed by atoms with Crippen LogP contribution in [-0.4, -0.2) is 26.4 Å². The molecule has 5 nitrogen and oxygen atoms in total. The molecule has 7 heteroatoms. The number of anilines is 1. The van der Waals surface area contributed by atoms with Gasteiger partial charge in [0.2, 0.25) is 5.91 Å². The zero-order valence-electron chi connectivity index (χ0n) is 14.6. The van der Waals surface area contributed by atoms with Gasteiger partial charge in [0.25, 0.3) is 0 Å². The molecule has 0 spiro atoms. The predicted molar refractivity (Wildman–Crippen MR) is 107 cm³/mol. The van der Waals surface area contributed by atoms with E-state index in [1.54, 1.807) is 0 Å². The van der Waals surface area contributed by atoms with Gasteiger partial charge in [0.1, 0.15) is 0 Å². The van der Waals surface area contributed by atoms with E-state index >= 15 is 0 Å². The number of hydrogen-bond donors (Lipinski definition) is 1. The first-order chi connectivity index (χ1) is 12.6. The molecule has 0 aliphatic carbocycles. The second kappa shape index (κ2) is 8.38. The predicted octanol–water partition coefficient (Wildman–Crippen LogP) is 4.43. The van der Waals surface area contributed by atoms with Crippen LogP contribution in [-0.2, 0) is 18.3 Å². The summed E-state index contributed by atoms with van der Waals surface area (Å²) in [5, 5.41) is 12.7. The van der Waals surface area contributed by atoms with Crippen molar-refractivity contribution in [3.63, 3.8) is 0 Å². The van der Waals surface area contributed by atoms with Crippen LogP contribution in [0.5, 0.6) is 0 Å². The fourth-order valence-corrected chi connectivity index (χ4v) is 3.39. The average Bonchev–Trinajstić information content (AvgIpc) is 3.02. The molecule has 0 atom stereocenters. The number of carbonyl (C=O) groups excluding carboxylic acids is 1. The Morgan fingerprint density at radius 2 is 1.88 bits per heavy atom. The van der Waals surface area contributed by atoms with E-state index in [0.29, 0.717) is 10.2 Å². The summed E-state index contributed by atoms with van der Waals surface area (Å²) in [5.41, 5.74) is 2.91. The number of hydrogen-bond acceptors (Lipinski definition) is 4. The van der Waals surface area contributed by atoms with Crippen LogP contribution in [0.3, 0.4) is 0 Å². The average molecular weight is 387 g/mol. The minimum atomic E-state index is -0.0630. The van der Waals surface area contributed by atoms with Crippen molar-refractivity contribution in [2.45, 2.75) is 18.5 Å². The van der Waals surface area contributed by atoms with Gasteiger partial charge in [-0.1, -0.05) is 48.5 Å². The second-order valence-electron chi connectivity index (χ2n) is 5.72. The highest BCUT2D eigenvalue weighted by atomic mass is 35.5. The van der Waals surface area contributed by atoms with Crippen molar-refractivity contribution in [2.24, 2.45) is 7.05 Å². The first-order valence-corrected chi connectivity index (χ1v) is 9.60. The Kier molecular flexibility index (Phi) is 5.96. The number of carbonyl (C=O) groups is 1. The Morgan fingerprint density at radius 3 is 2.62 bits per heavy atom. The third-order valence-corrected chi connectivity index (χ3v) is 5.21. The van der Waals surface area contributed by atoms with Gasteiger partial charge < -0.3 is 9.88 Å². The van der Waals surface area contributed by atoms with Gasteiger partial charge >= 0.3 is 0 Å². The molecule has 3 aromatic rings. The quantitative estimate of drug-likeness (QED) is 0.636. The van der Waals surface area contributed by atoms with E-state index in [2.05, 4.69) is 22.4 Å². The second-order valence-corrected chi connectivity index (χ2v) is 7.10. The van der Waals surface area contributed by atoms with Crippen LogP contribution in [0, 0.1) is 0 Å². The first kappa shape index (κ1) is 18.5. The SMILES string of the molecule is CCc1ccccc1NC(=O)CSc1nnc(-c2ccc(Cl)cc2)n1C. The van der Waals surface area contributed by atoms with Crippen LogP contribution in [0.25, 0.3) is 11.4 Å². The number of amides is 1. The van der Waals surface area contributed by atoms with Crippen molar-refractivity contribution >= 4 is 35.0 Å². The van der Waals surface area contributed by atoms with E-state index in [1.807, 2.05) is 60.1 Å². The van der Waals surface area contributed by atoms with E-state index < -0.39 is 0 Å². The molecule has 26 heavy (non-hydrogen) atoms. The van der Waals surface area contributed by atoms with Gasteiger partial charge in [-0.2, -0.15) is 0 Å². The zero-order chi connectivity index (χ0) is 18.5. The van der Waals surface area contributed by atoms with Crippen LogP contribution in [0.1, 0.15) is 12.5 Å². The maximum atomic E-state index is 12.3. The van der Waals surface area contributed by atoms with Crippen molar-refractivity contribution in [3.05, 3.63) is 59.1 Å². The van der Waals surface area contributed by atoms with Crippen LogP contribution < -0.4 is 5.32 Å². The monoisotopic (exact) mass is 386 g/mol. The summed E-state index contributed by atoms with van der Waals surface area (Å²) in [4.78, 5) is 12.3. The van der Waals surface area contributed by atoms with Gasteiger partial charge in [0.05, 0.1) is 5.75 Å². The number of halogens is 1. The maximum Gasteiger partial charge on any atom is 0.234 e. The molecule has 3 rings (SSSR count). The van der Waals surface area contributed by atoms with Crippen molar-refractivity contribution in [1.82, 2.24) is 14.8 Å². The number of aromatic nitrogens is 3. The zero-order valence-corrected chi connectivity index (χ0v) is 16.1. The number of aryl methyl sites for hydroxylation is 1. The summed E-state index contributed by atoms with van der Waals surface area (Å²) in [5.74, 6) is 0.942. The molecule has 134 valence electrons. The minimum Gasteiger partial charge on any atom is -0.325 e. The highest BCUT2D eigenvalue weighted by Crippen LogP contribution is 2.24. The van der Waals surface area contributed by atoms with Crippen molar-refractivity contribution in [3.8, 4) is 11.4 Å². The lowest BCUT2D eigenvalue weighted by Crippen LogP contribution is -2.15. The lowest BCUT2D eigenvalue weighted by atomic mass is 10.1. The molecular formula is C19H19ClN4OS. The Morgan fingerprint density at radius 1 is 1.15 bits per heavy atom. The van der Waals surface area contributed by atoms with Gasteiger partial charge in [0, 0.05) is 23.3 Å². The molecule has 1 heterocycles. The molecule has 1 aromatic heterocycles. The van der Waals surface area contributed by atoms with Crippen LogP contribution >= 0.6 is 23.4 Å². The molecule has 1 N–H and O–H groups in total. The summed E-state index contributed by atoms with van der Waals surface area (Å²) in [7, 11) is 1.89. The molecule has 0 radical (unpaired) electrons. The molecule has 2 aromatic carbocycles. The van der Waals surface area contributed by atoms with Gasteiger partial charge in [-0.05, 0) is 42.3 Å². The van der Waals surface area contributed by atoms with E-state index in [9.17, 15) is 4.79 Å². The molecule has 0 bridgehead atoms. The molecular weight excluding hydrogens is 368 g/mol. The minimum absolute atomic E-state index is 0.0630. The number of nitrogens with one attached hydrogen (secondary N) is 1. The van der Waals surface area contributed by atoms with E-state index in [4.69, 9.17) is 11.6 Å². The molecule has 0 saturated heterocycles.